The van der Waals surface area contributed by atoms with Gasteiger partial charge in [-0.05, 0) is 13.0 Å². The maximum absolute atomic E-state index is 10.9. The van der Waals surface area contributed by atoms with Gasteiger partial charge in [-0.3, -0.25) is 10.1 Å². The minimum absolute atomic E-state index is 0.215. The Labute approximate surface area is 81.8 Å². The predicted molar refractivity (Wildman–Crippen MR) is 52.1 cm³/mol. The summed E-state index contributed by atoms with van der Waals surface area (Å²) >= 11 is 0. The molecule has 0 aliphatic rings. The molecule has 1 rings (SSSR count). The molecule has 0 radical (unpaired) electrons. The van der Waals surface area contributed by atoms with Crippen molar-refractivity contribution in [2.45, 2.75) is 6.92 Å². The molecule has 0 aliphatic carbocycles. The minimum Gasteiger partial charge on any atom is -0.481 e. The van der Waals surface area contributed by atoms with Crippen molar-refractivity contribution in [3.05, 3.63) is 24.4 Å². The minimum atomic E-state index is -0.349. The van der Waals surface area contributed by atoms with E-state index in [0.29, 0.717) is 5.88 Å². The van der Waals surface area contributed by atoms with Crippen LogP contribution in [0.25, 0.3) is 0 Å². The first-order valence-corrected chi connectivity index (χ1v) is 3.99. The van der Waals surface area contributed by atoms with Crippen LogP contribution in [0, 0.1) is 6.92 Å². The van der Waals surface area contributed by atoms with Gasteiger partial charge < -0.3 is 4.74 Å². The summed E-state index contributed by atoms with van der Waals surface area (Å²) in [5.41, 5.74) is 0.719. The molecule has 0 unspecified atom stereocenters. The Bertz CT molecular complexity index is 363. The highest BCUT2D eigenvalue weighted by Crippen LogP contribution is 2.10. The highest BCUT2D eigenvalue weighted by atomic mass is 16.5. The molecular formula is C9H11N3O2. The maximum Gasteiger partial charge on any atom is 0.250 e. The average molecular weight is 193 g/mol. The van der Waals surface area contributed by atoms with Crippen LogP contribution in [0.2, 0.25) is 0 Å². The van der Waals surface area contributed by atoms with E-state index in [1.54, 1.807) is 13.0 Å². The summed E-state index contributed by atoms with van der Waals surface area (Å²) in [6, 6.07) is 1.67. The molecule has 1 N–H and O–H groups in total. The van der Waals surface area contributed by atoms with Gasteiger partial charge in [0.1, 0.15) is 0 Å². The topological polar surface area (TPSA) is 64.1 Å². The lowest BCUT2D eigenvalue weighted by atomic mass is 10.4. The first kappa shape index (κ1) is 10.2. The number of hydrogen-bond donors (Lipinski definition) is 1. The standard InChI is InChI=1S/C9H11N3O2/c1-4-7(13)11-9-10-6(2)5-8(12-9)14-3/h4-5H,1H2,2-3H3,(H,10,11,12,13). The zero-order valence-electron chi connectivity index (χ0n) is 8.07. The second-order valence-corrected chi connectivity index (χ2v) is 2.57. The number of carbonyl (C=O) groups is 1. The van der Waals surface area contributed by atoms with Crippen molar-refractivity contribution in [1.82, 2.24) is 9.97 Å². The van der Waals surface area contributed by atoms with Crippen LogP contribution in [0.15, 0.2) is 18.7 Å². The maximum atomic E-state index is 10.9. The fraction of sp³-hybridized carbons (Fsp3) is 0.222. The van der Waals surface area contributed by atoms with E-state index < -0.39 is 0 Å². The number of amides is 1. The van der Waals surface area contributed by atoms with E-state index in [-0.39, 0.29) is 11.9 Å². The predicted octanol–water partition coefficient (Wildman–Crippen LogP) is 0.918. The first-order chi connectivity index (χ1) is 6.65. The third kappa shape index (κ3) is 2.55. The molecule has 1 aromatic rings. The molecular weight excluding hydrogens is 182 g/mol. The van der Waals surface area contributed by atoms with Gasteiger partial charge in [0.25, 0.3) is 0 Å². The van der Waals surface area contributed by atoms with Crippen molar-refractivity contribution < 1.29 is 9.53 Å². The van der Waals surface area contributed by atoms with Crippen molar-refractivity contribution in [1.29, 1.82) is 0 Å². The monoisotopic (exact) mass is 193 g/mol. The van der Waals surface area contributed by atoms with Gasteiger partial charge >= 0.3 is 0 Å². The highest BCUT2D eigenvalue weighted by Gasteiger charge is 2.03. The molecule has 74 valence electrons. The zero-order chi connectivity index (χ0) is 10.6. The van der Waals surface area contributed by atoms with Gasteiger partial charge in [0.2, 0.25) is 17.7 Å². The van der Waals surface area contributed by atoms with Crippen molar-refractivity contribution in [3.8, 4) is 5.88 Å². The molecule has 0 bridgehead atoms. The number of nitrogens with zero attached hydrogens (tertiary/aromatic N) is 2. The second kappa shape index (κ2) is 4.36. The summed E-state index contributed by atoms with van der Waals surface area (Å²) in [7, 11) is 1.50. The molecule has 1 aromatic heterocycles. The summed E-state index contributed by atoms with van der Waals surface area (Å²) in [6.07, 6.45) is 1.15. The van der Waals surface area contributed by atoms with E-state index in [9.17, 15) is 4.79 Å². The molecule has 14 heavy (non-hydrogen) atoms. The quantitative estimate of drug-likeness (QED) is 0.725. The fourth-order valence-electron chi connectivity index (χ4n) is 0.861. The molecule has 5 nitrogen and oxygen atoms in total. The molecule has 0 atom stereocenters. The number of aryl methyl sites for hydroxylation is 1. The van der Waals surface area contributed by atoms with Gasteiger partial charge in [0.15, 0.2) is 0 Å². The van der Waals surface area contributed by atoms with Gasteiger partial charge in [-0.25, -0.2) is 4.98 Å². The van der Waals surface area contributed by atoms with Crippen LogP contribution >= 0.6 is 0 Å². The Hall–Kier alpha value is -1.91. The van der Waals surface area contributed by atoms with Gasteiger partial charge in [0.05, 0.1) is 7.11 Å². The van der Waals surface area contributed by atoms with Crippen molar-refractivity contribution in [2.24, 2.45) is 0 Å². The molecule has 0 saturated heterocycles. The number of anilines is 1. The normalized spacial score (nSPS) is 9.29. The van der Waals surface area contributed by atoms with Crippen LogP contribution in [-0.4, -0.2) is 23.0 Å². The van der Waals surface area contributed by atoms with Crippen LogP contribution in [0.1, 0.15) is 5.69 Å². The van der Waals surface area contributed by atoms with E-state index in [4.69, 9.17) is 4.74 Å². The van der Waals surface area contributed by atoms with E-state index >= 15 is 0 Å². The van der Waals surface area contributed by atoms with Gasteiger partial charge in [-0.2, -0.15) is 4.98 Å². The smallest absolute Gasteiger partial charge is 0.250 e. The largest absolute Gasteiger partial charge is 0.481 e. The zero-order valence-corrected chi connectivity index (χ0v) is 8.07. The number of carbonyl (C=O) groups excluding carboxylic acids is 1. The first-order valence-electron chi connectivity index (χ1n) is 3.99. The molecule has 0 saturated carbocycles. The number of rotatable bonds is 3. The summed E-state index contributed by atoms with van der Waals surface area (Å²) in [4.78, 5) is 18.9. The number of hydrogen-bond acceptors (Lipinski definition) is 4. The molecule has 0 fully saturated rings. The molecule has 1 heterocycles. The summed E-state index contributed by atoms with van der Waals surface area (Å²) in [6.45, 7) is 5.11. The highest BCUT2D eigenvalue weighted by molar-refractivity contribution is 5.97. The average Bonchev–Trinajstić information content (AvgIpc) is 2.16. The lowest BCUT2D eigenvalue weighted by Crippen LogP contribution is -2.11. The molecule has 0 aromatic carbocycles. The van der Waals surface area contributed by atoms with Crippen LogP contribution in [0.4, 0.5) is 5.95 Å². The number of ether oxygens (including phenoxy) is 1. The summed E-state index contributed by atoms with van der Waals surface area (Å²) in [5.74, 6) is 0.279. The Morgan fingerprint density at radius 3 is 2.93 bits per heavy atom. The van der Waals surface area contributed by atoms with Crippen molar-refractivity contribution >= 4 is 11.9 Å². The Morgan fingerprint density at radius 1 is 1.64 bits per heavy atom. The molecule has 1 amide bonds. The van der Waals surface area contributed by atoms with Crippen LogP contribution in [0.3, 0.4) is 0 Å². The third-order valence-corrected chi connectivity index (χ3v) is 1.46. The summed E-state index contributed by atoms with van der Waals surface area (Å²) < 4.78 is 4.92. The van der Waals surface area contributed by atoms with E-state index in [1.807, 2.05) is 0 Å². The van der Waals surface area contributed by atoms with Crippen LogP contribution in [0.5, 0.6) is 5.88 Å². The lowest BCUT2D eigenvalue weighted by molar-refractivity contribution is -0.111. The van der Waals surface area contributed by atoms with Gasteiger partial charge in [0, 0.05) is 11.8 Å². The molecule has 0 aliphatic heterocycles. The Balaban J connectivity index is 2.91. The third-order valence-electron chi connectivity index (χ3n) is 1.46. The fourth-order valence-corrected chi connectivity index (χ4v) is 0.861. The van der Waals surface area contributed by atoms with Crippen molar-refractivity contribution in [3.63, 3.8) is 0 Å². The van der Waals surface area contributed by atoms with Crippen molar-refractivity contribution in [2.75, 3.05) is 12.4 Å². The van der Waals surface area contributed by atoms with Crippen LogP contribution < -0.4 is 10.1 Å². The molecule has 0 spiro atoms. The summed E-state index contributed by atoms with van der Waals surface area (Å²) in [5, 5.41) is 2.45. The van der Waals surface area contributed by atoms with Crippen LogP contribution in [-0.2, 0) is 4.79 Å². The van der Waals surface area contributed by atoms with E-state index in [0.717, 1.165) is 11.8 Å². The van der Waals surface area contributed by atoms with Gasteiger partial charge in [-0.1, -0.05) is 6.58 Å². The lowest BCUT2D eigenvalue weighted by Gasteiger charge is -2.04. The Kier molecular flexibility index (Phi) is 3.17. The molecule has 5 heteroatoms. The number of aromatic nitrogens is 2. The Morgan fingerprint density at radius 2 is 2.36 bits per heavy atom. The SMILES string of the molecule is C=CC(=O)Nc1nc(C)cc(OC)n1. The number of methoxy groups -OCH3 is 1. The number of nitrogens with one attached hydrogen (secondary N) is 1. The van der Waals surface area contributed by atoms with Gasteiger partial charge in [-0.15, -0.1) is 0 Å². The van der Waals surface area contributed by atoms with E-state index in [2.05, 4.69) is 21.9 Å². The second-order valence-electron chi connectivity index (χ2n) is 2.57. The van der Waals surface area contributed by atoms with E-state index in [1.165, 1.54) is 7.11 Å².